The molecule has 0 aromatic heterocycles. The Kier molecular flexibility index (Phi) is 3.15. The Balaban J connectivity index is 1.78. The standard InChI is InChI=1S/C20H30O3/c1-12-9-16-20(11-12)8-5-13-18(2,3)15(21)6-7-19(13,4)14(20)10-17(22)23-16/h9,13-16,21H,5-8,10-11H2,1-4H3. The number of aliphatic hydroxyl groups is 1. The molecule has 0 aromatic carbocycles. The van der Waals surface area contributed by atoms with Gasteiger partial charge in [-0.15, -0.1) is 0 Å². The van der Waals surface area contributed by atoms with Gasteiger partial charge in [-0.1, -0.05) is 26.3 Å². The van der Waals surface area contributed by atoms with Gasteiger partial charge in [0.1, 0.15) is 6.10 Å². The van der Waals surface area contributed by atoms with Gasteiger partial charge in [-0.25, -0.2) is 0 Å². The summed E-state index contributed by atoms with van der Waals surface area (Å²) in [7, 11) is 0. The smallest absolute Gasteiger partial charge is 0.306 e. The van der Waals surface area contributed by atoms with Gasteiger partial charge in [-0.2, -0.15) is 0 Å². The van der Waals surface area contributed by atoms with Crippen molar-refractivity contribution in [2.75, 3.05) is 0 Å². The first kappa shape index (κ1) is 15.7. The fourth-order valence-electron chi connectivity index (χ4n) is 7.04. The van der Waals surface area contributed by atoms with Crippen molar-refractivity contribution in [1.82, 2.24) is 0 Å². The van der Waals surface area contributed by atoms with E-state index in [4.69, 9.17) is 4.74 Å². The van der Waals surface area contributed by atoms with Crippen molar-refractivity contribution >= 4 is 5.97 Å². The highest BCUT2D eigenvalue weighted by Crippen LogP contribution is 2.69. The van der Waals surface area contributed by atoms with Gasteiger partial charge < -0.3 is 9.84 Å². The Bertz CT molecular complexity index is 577. The van der Waals surface area contributed by atoms with Crippen LogP contribution in [0.15, 0.2) is 11.6 Å². The summed E-state index contributed by atoms with van der Waals surface area (Å²) in [6, 6.07) is 0. The minimum absolute atomic E-state index is 0.0125. The maximum absolute atomic E-state index is 12.3. The van der Waals surface area contributed by atoms with Crippen LogP contribution < -0.4 is 0 Å². The van der Waals surface area contributed by atoms with Crippen molar-refractivity contribution in [3.8, 4) is 0 Å². The second-order valence-electron chi connectivity index (χ2n) is 9.56. The van der Waals surface area contributed by atoms with Crippen LogP contribution in [0.2, 0.25) is 0 Å². The molecular weight excluding hydrogens is 288 g/mol. The van der Waals surface area contributed by atoms with Crippen LogP contribution in [-0.4, -0.2) is 23.3 Å². The third kappa shape index (κ3) is 1.89. The van der Waals surface area contributed by atoms with Crippen molar-refractivity contribution < 1.29 is 14.6 Å². The molecule has 23 heavy (non-hydrogen) atoms. The van der Waals surface area contributed by atoms with Gasteiger partial charge in [-0.3, -0.25) is 4.79 Å². The number of fused-ring (bicyclic) bond motifs is 2. The first-order valence-corrected chi connectivity index (χ1v) is 9.25. The van der Waals surface area contributed by atoms with E-state index in [1.165, 1.54) is 5.57 Å². The van der Waals surface area contributed by atoms with E-state index in [0.717, 1.165) is 32.1 Å². The molecule has 6 atom stereocenters. The van der Waals surface area contributed by atoms with Crippen LogP contribution in [0.1, 0.15) is 66.2 Å². The topological polar surface area (TPSA) is 46.5 Å². The predicted molar refractivity (Wildman–Crippen MR) is 88.6 cm³/mol. The second kappa shape index (κ2) is 4.62. The van der Waals surface area contributed by atoms with Crippen molar-refractivity contribution in [2.45, 2.75) is 78.4 Å². The summed E-state index contributed by atoms with van der Waals surface area (Å²) in [5, 5.41) is 10.6. The zero-order chi connectivity index (χ0) is 16.6. The Morgan fingerprint density at radius 1 is 1.17 bits per heavy atom. The maximum atomic E-state index is 12.3. The van der Waals surface area contributed by atoms with Gasteiger partial charge in [0, 0.05) is 11.8 Å². The molecule has 1 saturated heterocycles. The third-order valence-corrected chi connectivity index (χ3v) is 8.14. The summed E-state index contributed by atoms with van der Waals surface area (Å²) >= 11 is 0. The number of aliphatic hydroxyl groups excluding tert-OH is 1. The van der Waals surface area contributed by atoms with E-state index in [-0.39, 0.29) is 34.4 Å². The first-order valence-electron chi connectivity index (χ1n) is 9.25. The van der Waals surface area contributed by atoms with E-state index in [9.17, 15) is 9.90 Å². The molecule has 2 saturated carbocycles. The van der Waals surface area contributed by atoms with E-state index in [0.29, 0.717) is 18.3 Å². The van der Waals surface area contributed by atoms with Crippen molar-refractivity contribution in [3.05, 3.63) is 11.6 Å². The molecule has 3 heteroatoms. The number of carbonyl (C=O) groups excluding carboxylic acids is 1. The lowest BCUT2D eigenvalue weighted by molar-refractivity contribution is -0.219. The summed E-state index contributed by atoms with van der Waals surface area (Å²) < 4.78 is 5.77. The number of ether oxygens (including phenoxy) is 1. The van der Waals surface area contributed by atoms with Crippen molar-refractivity contribution in [1.29, 1.82) is 0 Å². The molecule has 3 fully saturated rings. The molecule has 4 rings (SSSR count). The lowest BCUT2D eigenvalue weighted by Crippen LogP contribution is -2.63. The molecule has 1 N–H and O–H groups in total. The van der Waals surface area contributed by atoms with E-state index < -0.39 is 0 Å². The Labute approximate surface area is 139 Å². The van der Waals surface area contributed by atoms with Crippen LogP contribution in [0.25, 0.3) is 0 Å². The highest BCUT2D eigenvalue weighted by molar-refractivity contribution is 5.72. The van der Waals surface area contributed by atoms with Gasteiger partial charge in [0.15, 0.2) is 0 Å². The minimum Gasteiger partial charge on any atom is -0.457 e. The average Bonchev–Trinajstić information content (AvgIpc) is 2.77. The highest BCUT2D eigenvalue weighted by Gasteiger charge is 2.66. The van der Waals surface area contributed by atoms with E-state index in [1.807, 2.05) is 0 Å². The number of allylic oxidation sites excluding steroid dienone is 1. The molecule has 0 aromatic rings. The molecule has 3 aliphatic carbocycles. The number of carbonyl (C=O) groups is 1. The molecule has 1 spiro atoms. The van der Waals surface area contributed by atoms with Crippen LogP contribution in [0, 0.1) is 28.1 Å². The van der Waals surface area contributed by atoms with Crippen LogP contribution in [0.5, 0.6) is 0 Å². The fraction of sp³-hybridized carbons (Fsp3) is 0.850. The molecule has 1 heterocycles. The van der Waals surface area contributed by atoms with Gasteiger partial charge in [0.25, 0.3) is 0 Å². The zero-order valence-corrected chi connectivity index (χ0v) is 14.9. The van der Waals surface area contributed by atoms with Crippen molar-refractivity contribution in [2.24, 2.45) is 28.1 Å². The van der Waals surface area contributed by atoms with E-state index in [1.54, 1.807) is 0 Å². The van der Waals surface area contributed by atoms with Gasteiger partial charge in [-0.05, 0) is 67.8 Å². The van der Waals surface area contributed by atoms with Gasteiger partial charge >= 0.3 is 5.97 Å². The molecule has 128 valence electrons. The van der Waals surface area contributed by atoms with Crippen molar-refractivity contribution in [3.63, 3.8) is 0 Å². The third-order valence-electron chi connectivity index (χ3n) is 8.14. The molecule has 0 amide bonds. The van der Waals surface area contributed by atoms with Crippen LogP contribution in [0.3, 0.4) is 0 Å². The number of esters is 1. The number of hydrogen-bond donors (Lipinski definition) is 1. The van der Waals surface area contributed by atoms with E-state index >= 15 is 0 Å². The van der Waals surface area contributed by atoms with Crippen LogP contribution >= 0.6 is 0 Å². The average molecular weight is 318 g/mol. The largest absolute Gasteiger partial charge is 0.457 e. The number of rotatable bonds is 0. The summed E-state index contributed by atoms with van der Waals surface area (Å²) in [6.45, 7) is 9.05. The lowest BCUT2D eigenvalue weighted by Gasteiger charge is -2.65. The molecule has 0 bridgehead atoms. The molecule has 3 nitrogen and oxygen atoms in total. The Morgan fingerprint density at radius 3 is 2.65 bits per heavy atom. The summed E-state index contributed by atoms with van der Waals surface area (Å²) in [4.78, 5) is 12.3. The minimum atomic E-state index is -0.218. The summed E-state index contributed by atoms with van der Waals surface area (Å²) in [5.41, 5.74) is 1.58. The van der Waals surface area contributed by atoms with Crippen LogP contribution in [-0.2, 0) is 9.53 Å². The summed E-state index contributed by atoms with van der Waals surface area (Å²) in [6.07, 6.45) is 7.79. The second-order valence-corrected chi connectivity index (χ2v) is 9.56. The fourth-order valence-corrected chi connectivity index (χ4v) is 7.04. The monoisotopic (exact) mass is 318 g/mol. The van der Waals surface area contributed by atoms with Gasteiger partial charge in [0.05, 0.1) is 6.10 Å². The Hall–Kier alpha value is -0.830. The normalized spacial score (nSPS) is 51.2. The highest BCUT2D eigenvalue weighted by atomic mass is 16.5. The van der Waals surface area contributed by atoms with Gasteiger partial charge in [0.2, 0.25) is 0 Å². The zero-order valence-electron chi connectivity index (χ0n) is 14.9. The first-order chi connectivity index (χ1) is 10.7. The molecular formula is C20H30O3. The molecule has 0 radical (unpaired) electrons. The van der Waals surface area contributed by atoms with Crippen LogP contribution in [0.4, 0.5) is 0 Å². The predicted octanol–water partition coefficient (Wildman–Crippen LogP) is 3.85. The quantitative estimate of drug-likeness (QED) is 0.545. The molecule has 1 aliphatic heterocycles. The van der Waals surface area contributed by atoms with E-state index in [2.05, 4.69) is 33.8 Å². The lowest BCUT2D eigenvalue weighted by atomic mass is 9.41. The Morgan fingerprint density at radius 2 is 1.91 bits per heavy atom. The molecule has 6 unspecified atom stereocenters. The number of hydrogen-bond acceptors (Lipinski definition) is 3. The maximum Gasteiger partial charge on any atom is 0.306 e. The molecule has 4 aliphatic rings. The SMILES string of the molecule is CC1=CC2OC(=O)CC3C4(C)CCC(O)C(C)(C)C4CCC23C1. The summed E-state index contributed by atoms with van der Waals surface area (Å²) in [5.74, 6) is 0.856.